The predicted molar refractivity (Wildman–Crippen MR) is 86.6 cm³/mol. The standard InChI is InChI=1S/C16H15BrN2O2/c1-12-3-2-4-13(9-12)10-18-19-16(20)11-21-15-7-5-14(17)6-8-15/h2-10H,11H2,1H3,(H,19,20)/b18-10+. The fourth-order valence-corrected chi connectivity index (χ4v) is 1.91. The van der Waals surface area contributed by atoms with Crippen molar-refractivity contribution in [3.05, 3.63) is 64.1 Å². The van der Waals surface area contributed by atoms with E-state index < -0.39 is 0 Å². The fraction of sp³-hybridized carbons (Fsp3) is 0.125. The summed E-state index contributed by atoms with van der Waals surface area (Å²) in [5.41, 5.74) is 4.51. The molecule has 0 heterocycles. The lowest BCUT2D eigenvalue weighted by atomic mass is 10.2. The summed E-state index contributed by atoms with van der Waals surface area (Å²) < 4.78 is 6.30. The summed E-state index contributed by atoms with van der Waals surface area (Å²) in [7, 11) is 0. The van der Waals surface area contributed by atoms with Gasteiger partial charge in [-0.15, -0.1) is 0 Å². The third-order valence-electron chi connectivity index (χ3n) is 2.63. The number of hydrogen-bond acceptors (Lipinski definition) is 3. The van der Waals surface area contributed by atoms with Crippen LogP contribution in [0.25, 0.3) is 0 Å². The van der Waals surface area contributed by atoms with Gasteiger partial charge in [-0.05, 0) is 36.8 Å². The molecule has 1 N–H and O–H groups in total. The highest BCUT2D eigenvalue weighted by molar-refractivity contribution is 9.10. The Hall–Kier alpha value is -2.14. The number of aryl methyl sites for hydroxylation is 1. The average molecular weight is 347 g/mol. The molecule has 0 atom stereocenters. The van der Waals surface area contributed by atoms with Crippen molar-refractivity contribution in [1.82, 2.24) is 5.43 Å². The number of benzene rings is 2. The van der Waals surface area contributed by atoms with Crippen molar-refractivity contribution < 1.29 is 9.53 Å². The number of ether oxygens (including phenoxy) is 1. The molecule has 0 radical (unpaired) electrons. The maximum absolute atomic E-state index is 11.6. The quantitative estimate of drug-likeness (QED) is 0.667. The minimum absolute atomic E-state index is 0.0766. The Bertz CT molecular complexity index is 639. The second kappa shape index (κ2) is 7.59. The number of hydrazone groups is 1. The molecule has 0 unspecified atom stereocenters. The second-order valence-electron chi connectivity index (χ2n) is 4.45. The molecule has 0 aliphatic carbocycles. The molecule has 108 valence electrons. The van der Waals surface area contributed by atoms with Crippen molar-refractivity contribution in [2.45, 2.75) is 6.92 Å². The average Bonchev–Trinajstić information content (AvgIpc) is 2.47. The Morgan fingerprint density at radius 3 is 2.76 bits per heavy atom. The number of carbonyl (C=O) groups is 1. The van der Waals surface area contributed by atoms with Crippen LogP contribution in [0.2, 0.25) is 0 Å². The first-order valence-electron chi connectivity index (χ1n) is 6.40. The van der Waals surface area contributed by atoms with Crippen LogP contribution in [-0.2, 0) is 4.79 Å². The minimum Gasteiger partial charge on any atom is -0.484 e. The summed E-state index contributed by atoms with van der Waals surface area (Å²) in [6.07, 6.45) is 1.60. The molecule has 0 saturated heterocycles. The lowest BCUT2D eigenvalue weighted by molar-refractivity contribution is -0.123. The van der Waals surface area contributed by atoms with Crippen LogP contribution in [0.4, 0.5) is 0 Å². The van der Waals surface area contributed by atoms with E-state index >= 15 is 0 Å². The molecule has 4 nitrogen and oxygen atoms in total. The Labute approximate surface area is 132 Å². The van der Waals surface area contributed by atoms with Gasteiger partial charge in [-0.3, -0.25) is 4.79 Å². The van der Waals surface area contributed by atoms with Crippen LogP contribution >= 0.6 is 15.9 Å². The Kier molecular flexibility index (Phi) is 5.51. The van der Waals surface area contributed by atoms with Crippen molar-refractivity contribution >= 4 is 28.1 Å². The topological polar surface area (TPSA) is 50.7 Å². The molecule has 2 aromatic rings. The summed E-state index contributed by atoms with van der Waals surface area (Å²) in [5.74, 6) is 0.331. The molecule has 0 aliphatic heterocycles. The maximum Gasteiger partial charge on any atom is 0.277 e. The Morgan fingerprint density at radius 2 is 2.05 bits per heavy atom. The van der Waals surface area contributed by atoms with Crippen LogP contribution in [0, 0.1) is 6.92 Å². The zero-order chi connectivity index (χ0) is 15.1. The summed E-state index contributed by atoms with van der Waals surface area (Å²) in [4.78, 5) is 11.6. The highest BCUT2D eigenvalue weighted by Crippen LogP contribution is 2.15. The van der Waals surface area contributed by atoms with Crippen LogP contribution in [0.5, 0.6) is 5.75 Å². The number of halogens is 1. The van der Waals surface area contributed by atoms with Gasteiger partial charge in [0.2, 0.25) is 0 Å². The molecule has 2 aromatic carbocycles. The number of rotatable bonds is 5. The van der Waals surface area contributed by atoms with Gasteiger partial charge < -0.3 is 4.74 Å². The molecular formula is C16H15BrN2O2. The second-order valence-corrected chi connectivity index (χ2v) is 5.37. The van der Waals surface area contributed by atoms with Gasteiger partial charge in [0.05, 0.1) is 6.21 Å². The first-order chi connectivity index (χ1) is 10.1. The highest BCUT2D eigenvalue weighted by Gasteiger charge is 2.01. The molecule has 0 saturated carbocycles. The highest BCUT2D eigenvalue weighted by atomic mass is 79.9. The molecule has 5 heteroatoms. The van der Waals surface area contributed by atoms with Crippen LogP contribution in [0.3, 0.4) is 0 Å². The number of carbonyl (C=O) groups excluding carboxylic acids is 1. The van der Waals surface area contributed by atoms with E-state index in [-0.39, 0.29) is 12.5 Å². The van der Waals surface area contributed by atoms with E-state index in [0.717, 1.165) is 15.6 Å². The number of hydrogen-bond donors (Lipinski definition) is 1. The van der Waals surface area contributed by atoms with Gasteiger partial charge in [-0.1, -0.05) is 45.8 Å². The summed E-state index contributed by atoms with van der Waals surface area (Å²) in [5, 5.41) is 3.90. The summed E-state index contributed by atoms with van der Waals surface area (Å²) in [6, 6.07) is 15.1. The summed E-state index contributed by atoms with van der Waals surface area (Å²) in [6.45, 7) is 1.93. The van der Waals surface area contributed by atoms with Crippen molar-refractivity contribution in [1.29, 1.82) is 0 Å². The van der Waals surface area contributed by atoms with Gasteiger partial charge in [-0.2, -0.15) is 5.10 Å². The van der Waals surface area contributed by atoms with Gasteiger partial charge in [0.25, 0.3) is 5.91 Å². The monoisotopic (exact) mass is 346 g/mol. The van der Waals surface area contributed by atoms with E-state index in [1.54, 1.807) is 18.3 Å². The van der Waals surface area contributed by atoms with E-state index in [2.05, 4.69) is 26.5 Å². The van der Waals surface area contributed by atoms with Gasteiger partial charge in [-0.25, -0.2) is 5.43 Å². The van der Waals surface area contributed by atoms with E-state index in [9.17, 15) is 4.79 Å². The van der Waals surface area contributed by atoms with Crippen molar-refractivity contribution in [3.8, 4) is 5.75 Å². The smallest absolute Gasteiger partial charge is 0.277 e. The third-order valence-corrected chi connectivity index (χ3v) is 3.16. The molecule has 0 aliphatic rings. The first-order valence-corrected chi connectivity index (χ1v) is 7.20. The summed E-state index contributed by atoms with van der Waals surface area (Å²) >= 11 is 3.33. The molecular weight excluding hydrogens is 332 g/mol. The molecule has 1 amide bonds. The predicted octanol–water partition coefficient (Wildman–Crippen LogP) is 3.29. The van der Waals surface area contributed by atoms with Crippen molar-refractivity contribution in [3.63, 3.8) is 0 Å². The van der Waals surface area contributed by atoms with Crippen LogP contribution in [-0.4, -0.2) is 18.7 Å². The van der Waals surface area contributed by atoms with E-state index in [1.165, 1.54) is 0 Å². The largest absolute Gasteiger partial charge is 0.484 e. The molecule has 0 bridgehead atoms. The van der Waals surface area contributed by atoms with Crippen LogP contribution < -0.4 is 10.2 Å². The van der Waals surface area contributed by atoms with E-state index in [1.807, 2.05) is 43.3 Å². The van der Waals surface area contributed by atoms with Gasteiger partial charge in [0.15, 0.2) is 6.61 Å². The van der Waals surface area contributed by atoms with Crippen LogP contribution in [0.1, 0.15) is 11.1 Å². The zero-order valence-corrected chi connectivity index (χ0v) is 13.1. The van der Waals surface area contributed by atoms with Crippen molar-refractivity contribution in [2.24, 2.45) is 5.10 Å². The SMILES string of the molecule is Cc1cccc(/C=N/NC(=O)COc2ccc(Br)cc2)c1. The maximum atomic E-state index is 11.6. The normalized spacial score (nSPS) is 10.6. The number of nitrogens with zero attached hydrogens (tertiary/aromatic N) is 1. The van der Waals surface area contributed by atoms with E-state index in [0.29, 0.717) is 5.75 Å². The lowest BCUT2D eigenvalue weighted by Crippen LogP contribution is -2.24. The van der Waals surface area contributed by atoms with Gasteiger partial charge >= 0.3 is 0 Å². The van der Waals surface area contributed by atoms with Crippen molar-refractivity contribution in [2.75, 3.05) is 6.61 Å². The molecule has 0 spiro atoms. The molecule has 0 fully saturated rings. The van der Waals surface area contributed by atoms with Crippen LogP contribution in [0.15, 0.2) is 58.1 Å². The molecule has 0 aromatic heterocycles. The van der Waals surface area contributed by atoms with E-state index in [4.69, 9.17) is 4.74 Å². The first kappa shape index (κ1) is 15.3. The molecule has 2 rings (SSSR count). The Morgan fingerprint density at radius 1 is 1.29 bits per heavy atom. The third kappa shape index (κ3) is 5.39. The number of nitrogens with one attached hydrogen (secondary N) is 1. The lowest BCUT2D eigenvalue weighted by Gasteiger charge is -2.04. The van der Waals surface area contributed by atoms with Gasteiger partial charge in [0, 0.05) is 4.47 Å². The molecule has 21 heavy (non-hydrogen) atoms. The zero-order valence-electron chi connectivity index (χ0n) is 11.5. The number of amides is 1. The van der Waals surface area contributed by atoms with Gasteiger partial charge in [0.1, 0.15) is 5.75 Å². The fourth-order valence-electron chi connectivity index (χ4n) is 1.64. The minimum atomic E-state index is -0.304. The Balaban J connectivity index is 1.78.